The lowest BCUT2D eigenvalue weighted by atomic mass is 10.2. The van der Waals surface area contributed by atoms with E-state index in [1.807, 2.05) is 31.2 Å². The molecule has 2 heterocycles. The molecule has 0 aliphatic carbocycles. The van der Waals surface area contributed by atoms with Crippen LogP contribution in [0.3, 0.4) is 0 Å². The van der Waals surface area contributed by atoms with Gasteiger partial charge in [-0.1, -0.05) is 6.07 Å². The number of aromatic nitrogens is 1. The smallest absolute Gasteiger partial charge is 0.270 e. The summed E-state index contributed by atoms with van der Waals surface area (Å²) in [7, 11) is 1.63. The zero-order valence-electron chi connectivity index (χ0n) is 14.5. The van der Waals surface area contributed by atoms with Crippen LogP contribution < -0.4 is 15.4 Å². The third-order valence-electron chi connectivity index (χ3n) is 4.14. The molecule has 1 aliphatic heterocycles. The number of nitrogens with one attached hydrogen (secondary N) is 2. The van der Waals surface area contributed by atoms with E-state index in [1.54, 1.807) is 19.4 Å². The van der Waals surface area contributed by atoms with Crippen molar-refractivity contribution in [3.05, 3.63) is 47.8 Å². The molecule has 6 heteroatoms. The molecule has 1 atom stereocenters. The van der Waals surface area contributed by atoms with Crippen molar-refractivity contribution in [1.82, 2.24) is 10.3 Å². The molecular formula is C19H23N3O3. The predicted octanol–water partition coefficient (Wildman–Crippen LogP) is 3.05. The van der Waals surface area contributed by atoms with Crippen LogP contribution in [0.1, 0.15) is 28.9 Å². The van der Waals surface area contributed by atoms with E-state index in [1.165, 1.54) is 0 Å². The van der Waals surface area contributed by atoms with E-state index in [4.69, 9.17) is 9.47 Å². The molecular weight excluding hydrogens is 318 g/mol. The number of nitrogens with zero attached hydrogens (tertiary/aromatic N) is 1. The predicted molar refractivity (Wildman–Crippen MR) is 96.6 cm³/mol. The van der Waals surface area contributed by atoms with Crippen molar-refractivity contribution < 1.29 is 14.3 Å². The summed E-state index contributed by atoms with van der Waals surface area (Å²) in [6.45, 7) is 3.31. The molecule has 1 saturated heterocycles. The van der Waals surface area contributed by atoms with Gasteiger partial charge in [0.1, 0.15) is 11.4 Å². The van der Waals surface area contributed by atoms with Gasteiger partial charge in [0.05, 0.1) is 18.9 Å². The molecule has 1 unspecified atom stereocenters. The molecule has 1 amide bonds. The lowest BCUT2D eigenvalue weighted by Crippen LogP contribution is -2.32. The highest BCUT2D eigenvalue weighted by atomic mass is 16.5. The van der Waals surface area contributed by atoms with Crippen LogP contribution in [0.5, 0.6) is 5.75 Å². The minimum atomic E-state index is -0.199. The summed E-state index contributed by atoms with van der Waals surface area (Å²) in [5, 5.41) is 6.17. The maximum Gasteiger partial charge on any atom is 0.270 e. The maximum atomic E-state index is 12.3. The van der Waals surface area contributed by atoms with E-state index in [9.17, 15) is 4.79 Å². The number of hydrogen-bond acceptors (Lipinski definition) is 5. The third kappa shape index (κ3) is 4.48. The quantitative estimate of drug-likeness (QED) is 0.845. The van der Waals surface area contributed by atoms with E-state index >= 15 is 0 Å². The Morgan fingerprint density at radius 3 is 3.00 bits per heavy atom. The van der Waals surface area contributed by atoms with Gasteiger partial charge in [-0.05, 0) is 49.6 Å². The van der Waals surface area contributed by atoms with E-state index in [0.29, 0.717) is 12.2 Å². The number of carbonyl (C=O) groups is 1. The number of benzene rings is 1. The van der Waals surface area contributed by atoms with Gasteiger partial charge in [-0.3, -0.25) is 9.78 Å². The maximum absolute atomic E-state index is 12.3. The van der Waals surface area contributed by atoms with Crippen LogP contribution >= 0.6 is 0 Å². The second-order valence-corrected chi connectivity index (χ2v) is 6.10. The topological polar surface area (TPSA) is 72.5 Å². The first kappa shape index (κ1) is 17.2. The van der Waals surface area contributed by atoms with Crippen molar-refractivity contribution >= 4 is 17.3 Å². The summed E-state index contributed by atoms with van der Waals surface area (Å²) >= 11 is 0. The molecule has 2 aromatic rings. The fraction of sp³-hybridized carbons (Fsp3) is 0.368. The van der Waals surface area contributed by atoms with Crippen molar-refractivity contribution in [3.8, 4) is 5.75 Å². The molecule has 0 radical (unpaired) electrons. The highest BCUT2D eigenvalue weighted by molar-refractivity contribution is 5.93. The first-order chi connectivity index (χ1) is 12.2. The number of methoxy groups -OCH3 is 1. The van der Waals surface area contributed by atoms with Gasteiger partial charge in [0.15, 0.2) is 0 Å². The van der Waals surface area contributed by atoms with Gasteiger partial charge in [0.25, 0.3) is 5.91 Å². The lowest BCUT2D eigenvalue weighted by Gasteiger charge is -2.13. The normalized spacial score (nSPS) is 16.5. The summed E-state index contributed by atoms with van der Waals surface area (Å²) in [5.74, 6) is 0.544. The van der Waals surface area contributed by atoms with E-state index in [-0.39, 0.29) is 12.0 Å². The van der Waals surface area contributed by atoms with Crippen LogP contribution in [0.15, 0.2) is 36.5 Å². The second-order valence-electron chi connectivity index (χ2n) is 6.10. The number of ether oxygens (including phenoxy) is 2. The molecule has 3 rings (SSSR count). The first-order valence-electron chi connectivity index (χ1n) is 8.43. The number of hydrogen-bond donors (Lipinski definition) is 2. The Bertz CT molecular complexity index is 742. The SMILES string of the molecule is COc1ccc(C)cc1Nc1ccnc(C(=O)NCC2CCCO2)c1. The average Bonchev–Trinajstić information content (AvgIpc) is 3.14. The number of amides is 1. The minimum absolute atomic E-state index is 0.113. The van der Waals surface area contributed by atoms with Gasteiger partial charge in [-0.2, -0.15) is 0 Å². The summed E-state index contributed by atoms with van der Waals surface area (Å²) in [6, 6.07) is 9.44. The van der Waals surface area contributed by atoms with Gasteiger partial charge >= 0.3 is 0 Å². The van der Waals surface area contributed by atoms with Gasteiger partial charge in [-0.15, -0.1) is 0 Å². The van der Waals surface area contributed by atoms with Gasteiger partial charge in [0, 0.05) is 25.0 Å². The van der Waals surface area contributed by atoms with E-state index in [2.05, 4.69) is 15.6 Å². The molecule has 1 aromatic heterocycles. The highest BCUT2D eigenvalue weighted by Gasteiger charge is 2.17. The van der Waals surface area contributed by atoms with Crippen molar-refractivity contribution in [2.75, 3.05) is 25.6 Å². The Labute approximate surface area is 147 Å². The molecule has 0 spiro atoms. The lowest BCUT2D eigenvalue weighted by molar-refractivity contribution is 0.0854. The van der Waals surface area contributed by atoms with Crippen LogP contribution in [0.2, 0.25) is 0 Å². The number of anilines is 2. The summed E-state index contributed by atoms with van der Waals surface area (Å²) in [5.41, 5.74) is 3.11. The fourth-order valence-electron chi connectivity index (χ4n) is 2.81. The van der Waals surface area contributed by atoms with Crippen LogP contribution in [-0.4, -0.2) is 37.3 Å². The first-order valence-corrected chi connectivity index (χ1v) is 8.43. The molecule has 132 valence electrons. The summed E-state index contributed by atoms with van der Waals surface area (Å²) in [4.78, 5) is 16.5. The molecule has 1 fully saturated rings. The molecule has 1 aromatic carbocycles. The van der Waals surface area contributed by atoms with Crippen LogP contribution in [-0.2, 0) is 4.74 Å². The van der Waals surface area contributed by atoms with E-state index in [0.717, 1.165) is 42.1 Å². The van der Waals surface area contributed by atoms with Crippen LogP contribution in [0, 0.1) is 6.92 Å². The Balaban J connectivity index is 1.68. The monoisotopic (exact) mass is 341 g/mol. The van der Waals surface area contributed by atoms with E-state index < -0.39 is 0 Å². The third-order valence-corrected chi connectivity index (χ3v) is 4.14. The van der Waals surface area contributed by atoms with Crippen molar-refractivity contribution in [2.45, 2.75) is 25.9 Å². The Hall–Kier alpha value is -2.60. The van der Waals surface area contributed by atoms with Gasteiger partial charge in [-0.25, -0.2) is 0 Å². The average molecular weight is 341 g/mol. The van der Waals surface area contributed by atoms with Crippen molar-refractivity contribution in [3.63, 3.8) is 0 Å². The fourth-order valence-corrected chi connectivity index (χ4v) is 2.81. The molecule has 1 aliphatic rings. The second kappa shape index (κ2) is 7.98. The van der Waals surface area contributed by atoms with Crippen LogP contribution in [0.25, 0.3) is 0 Å². The molecule has 25 heavy (non-hydrogen) atoms. The van der Waals surface area contributed by atoms with Gasteiger partial charge in [0.2, 0.25) is 0 Å². The minimum Gasteiger partial charge on any atom is -0.495 e. The highest BCUT2D eigenvalue weighted by Crippen LogP contribution is 2.28. The van der Waals surface area contributed by atoms with Crippen molar-refractivity contribution in [1.29, 1.82) is 0 Å². The molecule has 6 nitrogen and oxygen atoms in total. The van der Waals surface area contributed by atoms with Crippen LogP contribution in [0.4, 0.5) is 11.4 Å². The molecule has 0 saturated carbocycles. The zero-order chi connectivity index (χ0) is 17.6. The number of aryl methyl sites for hydroxylation is 1. The number of pyridine rings is 1. The molecule has 2 N–H and O–H groups in total. The van der Waals surface area contributed by atoms with Gasteiger partial charge < -0.3 is 20.1 Å². The molecule has 0 bridgehead atoms. The largest absolute Gasteiger partial charge is 0.495 e. The number of rotatable bonds is 6. The van der Waals surface area contributed by atoms with Crippen molar-refractivity contribution in [2.24, 2.45) is 0 Å². The summed E-state index contributed by atoms with van der Waals surface area (Å²) in [6.07, 6.45) is 3.77. The number of carbonyl (C=O) groups excluding carboxylic acids is 1. The Morgan fingerprint density at radius 1 is 1.36 bits per heavy atom. The summed E-state index contributed by atoms with van der Waals surface area (Å²) < 4.78 is 10.9. The Morgan fingerprint density at radius 2 is 2.24 bits per heavy atom. The zero-order valence-corrected chi connectivity index (χ0v) is 14.5. The standard InChI is InChI=1S/C19H23N3O3/c1-13-5-6-18(24-2)16(10-13)22-14-7-8-20-17(11-14)19(23)21-12-15-4-3-9-25-15/h5-8,10-11,15H,3-4,9,12H2,1-2H3,(H,20,22)(H,21,23). The Kier molecular flexibility index (Phi) is 5.50.